The zero-order valence-electron chi connectivity index (χ0n) is 10.8. The lowest BCUT2D eigenvalue weighted by molar-refractivity contribution is 0.102. The molecular formula is C15H15ClN2O. The third kappa shape index (κ3) is 2.88. The smallest absolute Gasteiger partial charge is 0.255 e. The van der Waals surface area contributed by atoms with Crippen LogP contribution in [0.2, 0.25) is 5.02 Å². The summed E-state index contributed by atoms with van der Waals surface area (Å²) < 4.78 is 0. The second kappa shape index (κ2) is 5.33. The standard InChI is InChI=1S/C15H15ClN2O/c1-9-4-3-5-12(16)14(9)18-15(19)11-6-7-13(17)10(2)8-11/h3-8H,17H2,1-2H3,(H,18,19). The molecule has 0 aliphatic carbocycles. The molecule has 0 heterocycles. The monoisotopic (exact) mass is 274 g/mol. The Bertz CT molecular complexity index is 618. The Morgan fingerprint density at radius 1 is 1.16 bits per heavy atom. The maximum absolute atomic E-state index is 12.2. The largest absolute Gasteiger partial charge is 0.399 e. The van der Waals surface area contributed by atoms with E-state index in [9.17, 15) is 4.79 Å². The van der Waals surface area contributed by atoms with E-state index in [1.807, 2.05) is 26.0 Å². The van der Waals surface area contributed by atoms with Gasteiger partial charge in [-0.15, -0.1) is 0 Å². The van der Waals surface area contributed by atoms with Crippen LogP contribution in [0.15, 0.2) is 36.4 Å². The van der Waals surface area contributed by atoms with E-state index in [4.69, 9.17) is 17.3 Å². The maximum Gasteiger partial charge on any atom is 0.255 e. The fourth-order valence-electron chi connectivity index (χ4n) is 1.79. The average Bonchev–Trinajstić information content (AvgIpc) is 2.37. The molecular weight excluding hydrogens is 260 g/mol. The molecule has 19 heavy (non-hydrogen) atoms. The van der Waals surface area contributed by atoms with Crippen LogP contribution in [-0.4, -0.2) is 5.91 Å². The van der Waals surface area contributed by atoms with Crippen LogP contribution in [0.1, 0.15) is 21.5 Å². The average molecular weight is 275 g/mol. The summed E-state index contributed by atoms with van der Waals surface area (Å²) in [5.41, 5.74) is 9.41. The van der Waals surface area contributed by atoms with E-state index in [-0.39, 0.29) is 5.91 Å². The quantitative estimate of drug-likeness (QED) is 0.819. The number of hydrogen-bond donors (Lipinski definition) is 2. The second-order valence-electron chi connectivity index (χ2n) is 4.46. The normalized spacial score (nSPS) is 10.3. The Hall–Kier alpha value is -2.00. The van der Waals surface area contributed by atoms with E-state index in [2.05, 4.69) is 5.32 Å². The summed E-state index contributed by atoms with van der Waals surface area (Å²) in [6, 6.07) is 10.7. The zero-order chi connectivity index (χ0) is 14.0. The molecule has 0 bridgehead atoms. The highest BCUT2D eigenvalue weighted by Crippen LogP contribution is 2.26. The summed E-state index contributed by atoms with van der Waals surface area (Å²) in [7, 11) is 0. The number of para-hydroxylation sites is 1. The first-order valence-corrected chi connectivity index (χ1v) is 6.29. The van der Waals surface area contributed by atoms with Gasteiger partial charge in [0, 0.05) is 11.3 Å². The molecule has 0 aliphatic heterocycles. The highest BCUT2D eigenvalue weighted by molar-refractivity contribution is 6.34. The van der Waals surface area contributed by atoms with E-state index in [1.54, 1.807) is 24.3 Å². The van der Waals surface area contributed by atoms with E-state index in [1.165, 1.54) is 0 Å². The first-order chi connectivity index (χ1) is 8.99. The van der Waals surface area contributed by atoms with Gasteiger partial charge in [-0.25, -0.2) is 0 Å². The number of benzene rings is 2. The van der Waals surface area contributed by atoms with Gasteiger partial charge in [-0.05, 0) is 49.2 Å². The van der Waals surface area contributed by atoms with Crippen LogP contribution in [0.5, 0.6) is 0 Å². The minimum Gasteiger partial charge on any atom is -0.399 e. The van der Waals surface area contributed by atoms with Gasteiger partial charge in [0.2, 0.25) is 0 Å². The number of carbonyl (C=O) groups is 1. The van der Waals surface area contributed by atoms with Gasteiger partial charge in [-0.1, -0.05) is 23.7 Å². The van der Waals surface area contributed by atoms with Gasteiger partial charge >= 0.3 is 0 Å². The highest BCUT2D eigenvalue weighted by atomic mass is 35.5. The van der Waals surface area contributed by atoms with Crippen molar-refractivity contribution >= 4 is 28.9 Å². The fourth-order valence-corrected chi connectivity index (χ4v) is 2.06. The van der Waals surface area contributed by atoms with Crippen molar-refractivity contribution in [2.45, 2.75) is 13.8 Å². The number of halogens is 1. The summed E-state index contributed by atoms with van der Waals surface area (Å²) in [6.07, 6.45) is 0. The van der Waals surface area contributed by atoms with Crippen LogP contribution < -0.4 is 11.1 Å². The van der Waals surface area contributed by atoms with E-state index >= 15 is 0 Å². The van der Waals surface area contributed by atoms with Crippen molar-refractivity contribution in [3.63, 3.8) is 0 Å². The number of nitrogens with one attached hydrogen (secondary N) is 1. The number of hydrogen-bond acceptors (Lipinski definition) is 2. The molecule has 0 aliphatic rings. The Morgan fingerprint density at radius 2 is 1.89 bits per heavy atom. The molecule has 0 unspecified atom stereocenters. The second-order valence-corrected chi connectivity index (χ2v) is 4.86. The molecule has 0 atom stereocenters. The van der Waals surface area contributed by atoms with Crippen LogP contribution in [0.4, 0.5) is 11.4 Å². The highest BCUT2D eigenvalue weighted by Gasteiger charge is 2.11. The molecule has 0 saturated heterocycles. The van der Waals surface area contributed by atoms with Crippen LogP contribution in [0.25, 0.3) is 0 Å². The Kier molecular flexibility index (Phi) is 3.76. The van der Waals surface area contributed by atoms with Crippen molar-refractivity contribution in [1.29, 1.82) is 0 Å². The Morgan fingerprint density at radius 3 is 2.53 bits per heavy atom. The fraction of sp³-hybridized carbons (Fsp3) is 0.133. The maximum atomic E-state index is 12.2. The van der Waals surface area contributed by atoms with Gasteiger partial charge in [-0.2, -0.15) is 0 Å². The van der Waals surface area contributed by atoms with Crippen molar-refractivity contribution < 1.29 is 4.79 Å². The van der Waals surface area contributed by atoms with Crippen molar-refractivity contribution in [2.75, 3.05) is 11.1 Å². The summed E-state index contributed by atoms with van der Waals surface area (Å²) in [6.45, 7) is 3.77. The minimum atomic E-state index is -0.195. The topological polar surface area (TPSA) is 55.1 Å². The van der Waals surface area contributed by atoms with Crippen molar-refractivity contribution in [3.8, 4) is 0 Å². The molecule has 0 fully saturated rings. The van der Waals surface area contributed by atoms with E-state index < -0.39 is 0 Å². The van der Waals surface area contributed by atoms with Crippen LogP contribution in [0, 0.1) is 13.8 Å². The first kappa shape index (κ1) is 13.4. The minimum absolute atomic E-state index is 0.195. The number of rotatable bonds is 2. The van der Waals surface area contributed by atoms with Gasteiger partial charge < -0.3 is 11.1 Å². The molecule has 0 spiro atoms. The van der Waals surface area contributed by atoms with Gasteiger partial charge in [0.15, 0.2) is 0 Å². The number of nitrogen functional groups attached to an aromatic ring is 1. The molecule has 98 valence electrons. The van der Waals surface area contributed by atoms with Gasteiger partial charge in [-0.3, -0.25) is 4.79 Å². The molecule has 2 aromatic rings. The molecule has 3 N–H and O–H groups in total. The van der Waals surface area contributed by atoms with Crippen molar-refractivity contribution in [2.24, 2.45) is 0 Å². The van der Waals surface area contributed by atoms with E-state index in [0.717, 1.165) is 11.1 Å². The summed E-state index contributed by atoms with van der Waals surface area (Å²) in [5, 5.41) is 3.36. The van der Waals surface area contributed by atoms with Crippen LogP contribution in [0.3, 0.4) is 0 Å². The van der Waals surface area contributed by atoms with Gasteiger partial charge in [0.1, 0.15) is 0 Å². The number of carbonyl (C=O) groups excluding carboxylic acids is 1. The van der Waals surface area contributed by atoms with Gasteiger partial charge in [0.25, 0.3) is 5.91 Å². The summed E-state index contributed by atoms with van der Waals surface area (Å²) in [5.74, 6) is -0.195. The molecule has 3 nitrogen and oxygen atoms in total. The molecule has 0 saturated carbocycles. The van der Waals surface area contributed by atoms with Crippen LogP contribution >= 0.6 is 11.6 Å². The molecule has 0 radical (unpaired) electrons. The SMILES string of the molecule is Cc1cc(C(=O)Nc2c(C)cccc2Cl)ccc1N. The zero-order valence-corrected chi connectivity index (χ0v) is 11.6. The summed E-state index contributed by atoms with van der Waals surface area (Å²) >= 11 is 6.08. The Labute approximate surface area is 117 Å². The molecule has 0 aromatic heterocycles. The third-order valence-electron chi connectivity index (χ3n) is 2.99. The molecule has 2 rings (SSSR count). The predicted molar refractivity (Wildman–Crippen MR) is 79.7 cm³/mol. The lowest BCUT2D eigenvalue weighted by Crippen LogP contribution is -2.13. The third-order valence-corrected chi connectivity index (χ3v) is 3.31. The number of amides is 1. The predicted octanol–water partition coefficient (Wildman–Crippen LogP) is 3.79. The number of anilines is 2. The summed E-state index contributed by atoms with van der Waals surface area (Å²) in [4.78, 5) is 12.2. The lowest BCUT2D eigenvalue weighted by atomic mass is 10.1. The lowest BCUT2D eigenvalue weighted by Gasteiger charge is -2.11. The Balaban J connectivity index is 2.28. The molecule has 2 aromatic carbocycles. The van der Waals surface area contributed by atoms with Crippen molar-refractivity contribution in [3.05, 3.63) is 58.1 Å². The van der Waals surface area contributed by atoms with Crippen LogP contribution in [-0.2, 0) is 0 Å². The van der Waals surface area contributed by atoms with Crippen molar-refractivity contribution in [1.82, 2.24) is 0 Å². The number of aryl methyl sites for hydroxylation is 2. The van der Waals surface area contributed by atoms with Gasteiger partial charge in [0.05, 0.1) is 10.7 Å². The molecule has 1 amide bonds. The van der Waals surface area contributed by atoms with E-state index in [0.29, 0.717) is 22.0 Å². The first-order valence-electron chi connectivity index (χ1n) is 5.91. The number of nitrogens with two attached hydrogens (primary N) is 1. The molecule has 4 heteroatoms.